The summed E-state index contributed by atoms with van der Waals surface area (Å²) in [7, 11) is 0. The molecule has 0 radical (unpaired) electrons. The van der Waals surface area contributed by atoms with Crippen LogP contribution >= 0.6 is 0 Å². The zero-order chi connectivity index (χ0) is 16.5. The molecule has 4 nitrogen and oxygen atoms in total. The molecule has 0 aromatic heterocycles. The number of hydroxylamine groups is 1. The van der Waals surface area contributed by atoms with Crippen LogP contribution < -0.4 is 10.8 Å². The standard InChI is InChI=1S/C20H31N3O/c1-4-10-17(11-5-1)16-24-23-20(21-18-12-6-2-7-13-18)22-19-14-8-3-9-15-19/h1,4-5,10-11,18-19H,2-3,6-9,12-16H2,(H2,21,22,23). The van der Waals surface area contributed by atoms with Crippen LogP contribution in [-0.4, -0.2) is 18.0 Å². The van der Waals surface area contributed by atoms with Crippen molar-refractivity contribution in [3.05, 3.63) is 35.9 Å². The number of benzene rings is 1. The zero-order valence-electron chi connectivity index (χ0n) is 14.7. The third kappa shape index (κ3) is 5.82. The molecule has 0 saturated heterocycles. The van der Waals surface area contributed by atoms with Gasteiger partial charge in [0.1, 0.15) is 0 Å². The van der Waals surface area contributed by atoms with E-state index in [1.807, 2.05) is 18.2 Å². The van der Waals surface area contributed by atoms with Crippen LogP contribution in [0.4, 0.5) is 0 Å². The van der Waals surface area contributed by atoms with E-state index in [2.05, 4.69) is 22.9 Å². The average molecular weight is 329 g/mol. The lowest BCUT2D eigenvalue weighted by Crippen LogP contribution is -2.45. The van der Waals surface area contributed by atoms with Crippen molar-refractivity contribution in [3.8, 4) is 0 Å². The summed E-state index contributed by atoms with van der Waals surface area (Å²) in [6.07, 6.45) is 12.9. The Bertz CT molecular complexity index is 491. The van der Waals surface area contributed by atoms with Crippen molar-refractivity contribution in [1.82, 2.24) is 10.8 Å². The van der Waals surface area contributed by atoms with Crippen LogP contribution in [0.25, 0.3) is 0 Å². The highest BCUT2D eigenvalue weighted by atomic mass is 16.6. The highest BCUT2D eigenvalue weighted by Gasteiger charge is 2.17. The van der Waals surface area contributed by atoms with Crippen LogP contribution in [-0.2, 0) is 11.4 Å². The Morgan fingerprint density at radius 1 is 0.917 bits per heavy atom. The Morgan fingerprint density at radius 2 is 1.58 bits per heavy atom. The summed E-state index contributed by atoms with van der Waals surface area (Å²) in [6.45, 7) is 0.552. The van der Waals surface area contributed by atoms with E-state index in [1.54, 1.807) is 0 Å². The van der Waals surface area contributed by atoms with E-state index in [9.17, 15) is 0 Å². The van der Waals surface area contributed by atoms with Crippen molar-refractivity contribution >= 4 is 5.96 Å². The van der Waals surface area contributed by atoms with Gasteiger partial charge in [0.25, 0.3) is 0 Å². The molecule has 24 heavy (non-hydrogen) atoms. The van der Waals surface area contributed by atoms with Gasteiger partial charge in [-0.05, 0) is 31.2 Å². The Labute approximate surface area is 146 Å². The predicted octanol–water partition coefficient (Wildman–Crippen LogP) is 4.32. The van der Waals surface area contributed by atoms with E-state index in [-0.39, 0.29) is 0 Å². The maximum Gasteiger partial charge on any atom is 0.216 e. The first-order chi connectivity index (χ1) is 11.9. The second kappa shape index (κ2) is 9.67. The molecule has 4 heteroatoms. The van der Waals surface area contributed by atoms with Crippen molar-refractivity contribution in [3.63, 3.8) is 0 Å². The zero-order valence-corrected chi connectivity index (χ0v) is 14.7. The monoisotopic (exact) mass is 329 g/mol. The highest BCUT2D eigenvalue weighted by molar-refractivity contribution is 5.79. The summed E-state index contributed by atoms with van der Waals surface area (Å²) in [5, 5.41) is 3.60. The van der Waals surface area contributed by atoms with Crippen molar-refractivity contribution < 1.29 is 4.84 Å². The van der Waals surface area contributed by atoms with Gasteiger partial charge in [0.05, 0.1) is 12.6 Å². The van der Waals surface area contributed by atoms with Crippen molar-refractivity contribution in [2.45, 2.75) is 82.9 Å². The Morgan fingerprint density at radius 3 is 2.29 bits per heavy atom. The summed E-state index contributed by atoms with van der Waals surface area (Å²) in [4.78, 5) is 10.7. The molecule has 0 heterocycles. The minimum Gasteiger partial charge on any atom is -0.352 e. The molecule has 2 aliphatic carbocycles. The van der Waals surface area contributed by atoms with Gasteiger partial charge in [0.2, 0.25) is 5.96 Å². The highest BCUT2D eigenvalue weighted by Crippen LogP contribution is 2.21. The average Bonchev–Trinajstić information content (AvgIpc) is 2.64. The fourth-order valence-corrected chi connectivity index (χ4v) is 3.69. The lowest BCUT2D eigenvalue weighted by atomic mass is 9.95. The van der Waals surface area contributed by atoms with Gasteiger partial charge in [0, 0.05) is 6.04 Å². The maximum atomic E-state index is 5.72. The molecule has 0 spiro atoms. The number of nitrogens with zero attached hydrogens (tertiary/aromatic N) is 1. The Hall–Kier alpha value is -1.55. The number of rotatable bonds is 5. The molecular formula is C20H31N3O. The maximum absolute atomic E-state index is 5.72. The third-order valence-corrected chi connectivity index (χ3v) is 5.08. The number of hydrogen-bond acceptors (Lipinski definition) is 2. The topological polar surface area (TPSA) is 45.6 Å². The second-order valence-corrected chi connectivity index (χ2v) is 7.13. The van der Waals surface area contributed by atoms with Gasteiger partial charge in [-0.1, -0.05) is 68.9 Å². The van der Waals surface area contributed by atoms with E-state index in [0.29, 0.717) is 18.7 Å². The molecule has 2 N–H and O–H groups in total. The van der Waals surface area contributed by atoms with Crippen LogP contribution in [0.15, 0.2) is 35.3 Å². The van der Waals surface area contributed by atoms with E-state index in [1.165, 1.54) is 69.8 Å². The minimum atomic E-state index is 0.442. The van der Waals surface area contributed by atoms with Crippen molar-refractivity contribution in [1.29, 1.82) is 0 Å². The molecule has 0 aliphatic heterocycles. The van der Waals surface area contributed by atoms with Crippen molar-refractivity contribution in [2.24, 2.45) is 4.99 Å². The van der Waals surface area contributed by atoms with Gasteiger partial charge >= 0.3 is 0 Å². The Balaban J connectivity index is 1.54. The van der Waals surface area contributed by atoms with E-state index < -0.39 is 0 Å². The molecule has 0 atom stereocenters. The summed E-state index contributed by atoms with van der Waals surface area (Å²) >= 11 is 0. The lowest BCUT2D eigenvalue weighted by Gasteiger charge is -2.26. The minimum absolute atomic E-state index is 0.442. The first kappa shape index (κ1) is 17.3. The largest absolute Gasteiger partial charge is 0.352 e. The van der Waals surface area contributed by atoms with Crippen LogP contribution in [0.2, 0.25) is 0 Å². The summed E-state index contributed by atoms with van der Waals surface area (Å²) in [5.74, 6) is 0.838. The van der Waals surface area contributed by atoms with Crippen LogP contribution in [0, 0.1) is 0 Å². The molecule has 2 fully saturated rings. The lowest BCUT2D eigenvalue weighted by molar-refractivity contribution is 0.0674. The molecule has 132 valence electrons. The molecule has 0 amide bonds. The number of aliphatic imine (C=N–C) groups is 1. The van der Waals surface area contributed by atoms with E-state index in [0.717, 1.165) is 5.96 Å². The number of guanidine groups is 1. The number of hydrogen-bond donors (Lipinski definition) is 2. The molecule has 1 aromatic rings. The second-order valence-electron chi connectivity index (χ2n) is 7.13. The summed E-state index contributed by atoms with van der Waals surface area (Å²) < 4.78 is 0. The molecule has 0 bridgehead atoms. The van der Waals surface area contributed by atoms with E-state index in [4.69, 9.17) is 9.83 Å². The van der Waals surface area contributed by atoms with Crippen molar-refractivity contribution in [2.75, 3.05) is 0 Å². The van der Waals surface area contributed by atoms with Crippen LogP contribution in [0.1, 0.15) is 69.8 Å². The van der Waals surface area contributed by atoms with Gasteiger partial charge in [-0.2, -0.15) is 0 Å². The van der Waals surface area contributed by atoms with Crippen LogP contribution in [0.3, 0.4) is 0 Å². The summed E-state index contributed by atoms with van der Waals surface area (Å²) in [6, 6.07) is 11.2. The number of nitrogens with one attached hydrogen (secondary N) is 2. The van der Waals surface area contributed by atoms with Gasteiger partial charge in [-0.15, -0.1) is 0 Å². The smallest absolute Gasteiger partial charge is 0.216 e. The Kier molecular flexibility index (Phi) is 6.97. The van der Waals surface area contributed by atoms with Crippen LogP contribution in [0.5, 0.6) is 0 Å². The molecule has 2 saturated carbocycles. The first-order valence-corrected chi connectivity index (χ1v) is 9.66. The third-order valence-electron chi connectivity index (χ3n) is 5.08. The molecule has 1 aromatic carbocycles. The SMILES string of the molecule is c1ccc(CONC(=NC2CCCCC2)NC2CCCCC2)cc1. The van der Waals surface area contributed by atoms with Gasteiger partial charge in [0.15, 0.2) is 0 Å². The van der Waals surface area contributed by atoms with Gasteiger partial charge in [-0.25, -0.2) is 10.5 Å². The fourth-order valence-electron chi connectivity index (χ4n) is 3.69. The predicted molar refractivity (Wildman–Crippen MR) is 98.7 cm³/mol. The fraction of sp³-hybridized carbons (Fsp3) is 0.650. The molecule has 0 unspecified atom stereocenters. The summed E-state index contributed by atoms with van der Waals surface area (Å²) in [5.41, 5.74) is 4.27. The molecule has 2 aliphatic rings. The normalized spacial score (nSPS) is 20.8. The van der Waals surface area contributed by atoms with Gasteiger partial charge in [-0.3, -0.25) is 4.84 Å². The van der Waals surface area contributed by atoms with E-state index >= 15 is 0 Å². The molecular weight excluding hydrogens is 298 g/mol. The first-order valence-electron chi connectivity index (χ1n) is 9.66. The molecule has 3 rings (SSSR count). The quantitative estimate of drug-likeness (QED) is 0.480. The van der Waals surface area contributed by atoms with Gasteiger partial charge < -0.3 is 5.32 Å².